The first kappa shape index (κ1) is 18.7. The molecule has 1 saturated heterocycles. The molecular weight excluding hydrogens is 303 g/mol. The van der Waals surface area contributed by atoms with Gasteiger partial charge in [-0.2, -0.15) is 0 Å². The molecule has 1 aliphatic heterocycles. The van der Waals surface area contributed by atoms with Crippen LogP contribution in [0.4, 0.5) is 4.39 Å². The minimum atomic E-state index is -0.198. The van der Waals surface area contributed by atoms with Gasteiger partial charge in [0.2, 0.25) is 0 Å². The van der Waals surface area contributed by atoms with Crippen molar-refractivity contribution in [2.75, 3.05) is 33.7 Å². The van der Waals surface area contributed by atoms with Crippen LogP contribution in [0.1, 0.15) is 32.3 Å². The van der Waals surface area contributed by atoms with E-state index in [1.54, 1.807) is 0 Å². The number of aliphatic imine (C=N–C) groups is 1. The minimum Gasteiger partial charge on any atom is -0.356 e. The van der Waals surface area contributed by atoms with E-state index in [1.165, 1.54) is 31.5 Å². The number of piperidine rings is 1. The van der Waals surface area contributed by atoms with Crippen LogP contribution in [0, 0.1) is 11.7 Å². The molecule has 0 aromatic heterocycles. The molecule has 1 aromatic carbocycles. The fourth-order valence-corrected chi connectivity index (χ4v) is 3.29. The summed E-state index contributed by atoms with van der Waals surface area (Å²) >= 11 is 0. The molecule has 1 N–H and O–H groups in total. The Morgan fingerprint density at radius 2 is 2.08 bits per heavy atom. The Morgan fingerprint density at radius 1 is 1.38 bits per heavy atom. The Balaban J connectivity index is 1.84. The zero-order valence-electron chi connectivity index (χ0n) is 15.4. The molecule has 1 aliphatic rings. The Kier molecular flexibility index (Phi) is 7.03. The van der Waals surface area contributed by atoms with Crippen LogP contribution in [0.2, 0.25) is 0 Å². The standard InChI is InChI=1S/C19H31FN4/c1-15(2)24-11-5-6-17(14-24)12-22-19(21-3)23(4)13-16-7-9-18(20)10-8-16/h7-10,15,17H,5-6,11-14H2,1-4H3,(H,21,22). The number of benzene rings is 1. The number of hydrogen-bond acceptors (Lipinski definition) is 2. The van der Waals surface area contributed by atoms with Crippen LogP contribution in [0.25, 0.3) is 0 Å². The second-order valence-electron chi connectivity index (χ2n) is 7.01. The van der Waals surface area contributed by atoms with Crippen LogP contribution in [0.3, 0.4) is 0 Å². The van der Waals surface area contributed by atoms with Gasteiger partial charge in [-0.3, -0.25) is 4.99 Å². The fraction of sp³-hybridized carbons (Fsp3) is 0.632. The molecule has 0 spiro atoms. The predicted molar refractivity (Wildman–Crippen MR) is 98.7 cm³/mol. The summed E-state index contributed by atoms with van der Waals surface area (Å²) in [6.45, 7) is 8.57. The monoisotopic (exact) mass is 334 g/mol. The molecule has 1 unspecified atom stereocenters. The summed E-state index contributed by atoms with van der Waals surface area (Å²) in [6.07, 6.45) is 2.55. The summed E-state index contributed by atoms with van der Waals surface area (Å²) in [6, 6.07) is 7.26. The molecule has 0 saturated carbocycles. The number of rotatable bonds is 5. The van der Waals surface area contributed by atoms with Crippen LogP contribution >= 0.6 is 0 Å². The van der Waals surface area contributed by atoms with Crippen molar-refractivity contribution in [1.29, 1.82) is 0 Å². The molecule has 0 aliphatic carbocycles. The molecule has 24 heavy (non-hydrogen) atoms. The smallest absolute Gasteiger partial charge is 0.193 e. The van der Waals surface area contributed by atoms with Crippen molar-refractivity contribution in [2.24, 2.45) is 10.9 Å². The first-order valence-corrected chi connectivity index (χ1v) is 8.90. The first-order chi connectivity index (χ1) is 11.5. The van der Waals surface area contributed by atoms with E-state index in [1.807, 2.05) is 26.2 Å². The van der Waals surface area contributed by atoms with Crippen LogP contribution in [-0.2, 0) is 6.54 Å². The van der Waals surface area contributed by atoms with Gasteiger partial charge in [-0.15, -0.1) is 0 Å². The predicted octanol–water partition coefficient (Wildman–Crippen LogP) is 2.95. The Labute approximate surface area is 145 Å². The normalized spacial score (nSPS) is 19.6. The lowest BCUT2D eigenvalue weighted by Gasteiger charge is -2.36. The molecule has 1 heterocycles. The Morgan fingerprint density at radius 3 is 2.71 bits per heavy atom. The Hall–Kier alpha value is -1.62. The maximum Gasteiger partial charge on any atom is 0.193 e. The van der Waals surface area contributed by atoms with Crippen molar-refractivity contribution in [1.82, 2.24) is 15.1 Å². The quantitative estimate of drug-likeness (QED) is 0.663. The van der Waals surface area contributed by atoms with Crippen molar-refractivity contribution in [2.45, 2.75) is 39.3 Å². The highest BCUT2D eigenvalue weighted by molar-refractivity contribution is 5.79. The lowest BCUT2D eigenvalue weighted by Crippen LogP contribution is -2.46. The molecule has 0 radical (unpaired) electrons. The largest absolute Gasteiger partial charge is 0.356 e. The van der Waals surface area contributed by atoms with Crippen molar-refractivity contribution < 1.29 is 4.39 Å². The molecule has 1 fully saturated rings. The van der Waals surface area contributed by atoms with Crippen LogP contribution < -0.4 is 5.32 Å². The molecule has 0 bridgehead atoms. The van der Waals surface area contributed by atoms with E-state index in [4.69, 9.17) is 0 Å². The van der Waals surface area contributed by atoms with E-state index >= 15 is 0 Å². The zero-order valence-corrected chi connectivity index (χ0v) is 15.4. The summed E-state index contributed by atoms with van der Waals surface area (Å²) in [5, 5.41) is 3.51. The van der Waals surface area contributed by atoms with E-state index in [9.17, 15) is 4.39 Å². The lowest BCUT2D eigenvalue weighted by molar-refractivity contribution is 0.140. The number of nitrogens with zero attached hydrogens (tertiary/aromatic N) is 3. The molecule has 0 amide bonds. The third kappa shape index (κ3) is 5.48. The molecular formula is C19H31FN4. The summed E-state index contributed by atoms with van der Waals surface area (Å²) in [5.74, 6) is 1.36. The van der Waals surface area contributed by atoms with E-state index < -0.39 is 0 Å². The third-order valence-corrected chi connectivity index (χ3v) is 4.74. The van der Waals surface area contributed by atoms with Gasteiger partial charge in [0.15, 0.2) is 5.96 Å². The lowest BCUT2D eigenvalue weighted by atomic mass is 9.97. The number of likely N-dealkylation sites (tertiary alicyclic amines) is 1. The number of guanidine groups is 1. The highest BCUT2D eigenvalue weighted by atomic mass is 19.1. The number of halogens is 1. The van der Waals surface area contributed by atoms with Crippen LogP contribution in [0.15, 0.2) is 29.3 Å². The zero-order chi connectivity index (χ0) is 17.5. The van der Waals surface area contributed by atoms with Crippen molar-refractivity contribution in [3.05, 3.63) is 35.6 Å². The average Bonchev–Trinajstić information content (AvgIpc) is 2.57. The number of hydrogen-bond donors (Lipinski definition) is 1. The molecule has 134 valence electrons. The van der Waals surface area contributed by atoms with Gasteiger partial charge in [0.05, 0.1) is 0 Å². The molecule has 1 aromatic rings. The summed E-state index contributed by atoms with van der Waals surface area (Å²) in [4.78, 5) is 9.02. The molecule has 2 rings (SSSR count). The van der Waals surface area contributed by atoms with Crippen molar-refractivity contribution >= 4 is 5.96 Å². The van der Waals surface area contributed by atoms with E-state index in [-0.39, 0.29) is 5.82 Å². The van der Waals surface area contributed by atoms with Crippen LogP contribution in [-0.4, -0.2) is 55.5 Å². The average molecular weight is 334 g/mol. The first-order valence-electron chi connectivity index (χ1n) is 8.90. The van der Waals surface area contributed by atoms with Gasteiger partial charge in [0.1, 0.15) is 5.82 Å². The topological polar surface area (TPSA) is 30.9 Å². The van der Waals surface area contributed by atoms with Gasteiger partial charge in [0.25, 0.3) is 0 Å². The van der Waals surface area contributed by atoms with Gasteiger partial charge in [-0.05, 0) is 56.8 Å². The highest BCUT2D eigenvalue weighted by Gasteiger charge is 2.22. The van der Waals surface area contributed by atoms with E-state index in [0.29, 0.717) is 18.5 Å². The van der Waals surface area contributed by atoms with Gasteiger partial charge in [-0.25, -0.2) is 4.39 Å². The number of nitrogens with one attached hydrogen (secondary N) is 1. The maximum absolute atomic E-state index is 13.0. The summed E-state index contributed by atoms with van der Waals surface area (Å²) in [5.41, 5.74) is 1.07. The highest BCUT2D eigenvalue weighted by Crippen LogP contribution is 2.17. The SMILES string of the molecule is CN=C(NCC1CCCN(C(C)C)C1)N(C)Cc1ccc(F)cc1. The van der Waals surface area contributed by atoms with E-state index in [2.05, 4.69) is 34.0 Å². The molecule has 1 atom stereocenters. The molecule has 4 nitrogen and oxygen atoms in total. The Bertz CT molecular complexity index is 527. The van der Waals surface area contributed by atoms with E-state index in [0.717, 1.165) is 24.6 Å². The van der Waals surface area contributed by atoms with Gasteiger partial charge in [-0.1, -0.05) is 12.1 Å². The fourth-order valence-electron chi connectivity index (χ4n) is 3.29. The van der Waals surface area contributed by atoms with Crippen molar-refractivity contribution in [3.8, 4) is 0 Å². The van der Waals surface area contributed by atoms with Gasteiger partial charge >= 0.3 is 0 Å². The second kappa shape index (κ2) is 9.02. The summed E-state index contributed by atoms with van der Waals surface area (Å²) < 4.78 is 13.0. The van der Waals surface area contributed by atoms with Gasteiger partial charge < -0.3 is 15.1 Å². The third-order valence-electron chi connectivity index (χ3n) is 4.74. The van der Waals surface area contributed by atoms with Crippen LogP contribution in [0.5, 0.6) is 0 Å². The van der Waals surface area contributed by atoms with Gasteiger partial charge in [0, 0.05) is 39.8 Å². The second-order valence-corrected chi connectivity index (χ2v) is 7.01. The minimum absolute atomic E-state index is 0.198. The van der Waals surface area contributed by atoms with Crippen molar-refractivity contribution in [3.63, 3.8) is 0 Å². The maximum atomic E-state index is 13.0. The molecule has 5 heteroatoms. The summed E-state index contributed by atoms with van der Waals surface area (Å²) in [7, 11) is 3.82.